The van der Waals surface area contributed by atoms with Gasteiger partial charge in [-0.05, 0) is 68.6 Å². The molecule has 0 aliphatic heterocycles. The largest absolute Gasteiger partial charge is 0.494 e. The minimum absolute atomic E-state index is 0.128. The third-order valence-electron chi connectivity index (χ3n) is 2.33. The fourth-order valence-corrected chi connectivity index (χ4v) is 2.96. The molecule has 1 amide bonds. The molecule has 0 aliphatic rings. The summed E-state index contributed by atoms with van der Waals surface area (Å²) < 4.78 is 6.87. The highest BCUT2D eigenvalue weighted by atomic mass is 79.9. The van der Waals surface area contributed by atoms with Crippen LogP contribution >= 0.6 is 31.9 Å². The van der Waals surface area contributed by atoms with Crippen LogP contribution in [0, 0.1) is 0 Å². The average Bonchev–Trinajstić information content (AvgIpc) is 2.36. The van der Waals surface area contributed by atoms with Crippen LogP contribution in [0.1, 0.15) is 12.0 Å². The second-order valence-electron chi connectivity index (χ2n) is 3.78. The summed E-state index contributed by atoms with van der Waals surface area (Å²) in [4.78, 5) is 11.5. The van der Waals surface area contributed by atoms with Crippen LogP contribution in [0.4, 0.5) is 0 Å². The molecule has 0 unspecified atom stereocenters. The van der Waals surface area contributed by atoms with Gasteiger partial charge in [0.05, 0.1) is 16.1 Å². The van der Waals surface area contributed by atoms with Crippen LogP contribution in [-0.4, -0.2) is 26.1 Å². The van der Waals surface area contributed by atoms with Crippen LogP contribution in [0.2, 0.25) is 0 Å². The van der Waals surface area contributed by atoms with Crippen molar-refractivity contribution in [2.45, 2.75) is 6.42 Å². The van der Waals surface area contributed by atoms with Gasteiger partial charge in [0.15, 0.2) is 0 Å². The maximum Gasteiger partial charge on any atom is 0.243 e. The lowest BCUT2D eigenvalue weighted by Gasteiger charge is -2.07. The molecular formula is C13H16Br2N2O2. The number of hydrogen-bond donors (Lipinski definition) is 2. The molecule has 0 aliphatic carbocycles. The Labute approximate surface area is 129 Å². The van der Waals surface area contributed by atoms with E-state index in [0.717, 1.165) is 26.7 Å². The monoisotopic (exact) mass is 390 g/mol. The van der Waals surface area contributed by atoms with Gasteiger partial charge in [-0.25, -0.2) is 0 Å². The lowest BCUT2D eigenvalue weighted by molar-refractivity contribution is -0.116. The number of amides is 1. The molecule has 1 aromatic carbocycles. The molecule has 3 N–H and O–H groups in total. The van der Waals surface area contributed by atoms with Crippen molar-refractivity contribution in [2.75, 3.05) is 20.2 Å². The number of halogens is 2. The maximum absolute atomic E-state index is 11.5. The van der Waals surface area contributed by atoms with Crippen molar-refractivity contribution in [3.63, 3.8) is 0 Å². The number of ether oxygens (including phenoxy) is 1. The minimum Gasteiger partial charge on any atom is -0.494 e. The second kappa shape index (κ2) is 8.35. The summed E-state index contributed by atoms with van der Waals surface area (Å²) in [6.45, 7) is 1.16. The van der Waals surface area contributed by atoms with Crippen LogP contribution < -0.4 is 15.8 Å². The lowest BCUT2D eigenvalue weighted by Crippen LogP contribution is -2.23. The molecule has 1 aromatic rings. The molecular weight excluding hydrogens is 376 g/mol. The van der Waals surface area contributed by atoms with E-state index in [1.807, 2.05) is 12.1 Å². The quantitative estimate of drug-likeness (QED) is 0.578. The Balaban J connectivity index is 2.69. The van der Waals surface area contributed by atoms with Crippen LogP contribution in [0.25, 0.3) is 6.08 Å². The molecule has 0 heterocycles. The maximum atomic E-state index is 11.5. The zero-order chi connectivity index (χ0) is 14.3. The van der Waals surface area contributed by atoms with Crippen LogP contribution in [0.15, 0.2) is 27.2 Å². The van der Waals surface area contributed by atoms with Crippen LogP contribution in [-0.2, 0) is 4.79 Å². The Hall–Kier alpha value is -0.850. The van der Waals surface area contributed by atoms with Crippen molar-refractivity contribution >= 4 is 43.8 Å². The molecule has 0 atom stereocenters. The SMILES string of the molecule is COc1c(Br)cc(/C=C/C(=O)NCCCN)cc1Br. The second-order valence-corrected chi connectivity index (χ2v) is 5.49. The van der Waals surface area contributed by atoms with Crippen LogP contribution in [0.3, 0.4) is 0 Å². The predicted molar refractivity (Wildman–Crippen MR) is 84.1 cm³/mol. The molecule has 19 heavy (non-hydrogen) atoms. The van der Waals surface area contributed by atoms with E-state index in [-0.39, 0.29) is 5.91 Å². The summed E-state index contributed by atoms with van der Waals surface area (Å²) in [6.07, 6.45) is 4.02. The van der Waals surface area contributed by atoms with Gasteiger partial charge >= 0.3 is 0 Å². The smallest absolute Gasteiger partial charge is 0.243 e. The summed E-state index contributed by atoms with van der Waals surface area (Å²) in [5.74, 6) is 0.598. The van der Waals surface area contributed by atoms with E-state index in [2.05, 4.69) is 37.2 Å². The third kappa shape index (κ3) is 5.34. The zero-order valence-electron chi connectivity index (χ0n) is 10.6. The van der Waals surface area contributed by atoms with Gasteiger partial charge in [-0.1, -0.05) is 0 Å². The van der Waals surface area contributed by atoms with Crippen LogP contribution in [0.5, 0.6) is 5.75 Å². The molecule has 0 radical (unpaired) electrons. The van der Waals surface area contributed by atoms with Crippen molar-refractivity contribution < 1.29 is 9.53 Å². The van der Waals surface area contributed by atoms with E-state index in [1.165, 1.54) is 6.08 Å². The topological polar surface area (TPSA) is 64.3 Å². The van der Waals surface area contributed by atoms with E-state index in [4.69, 9.17) is 10.5 Å². The van der Waals surface area contributed by atoms with Crippen molar-refractivity contribution in [2.24, 2.45) is 5.73 Å². The summed E-state index contributed by atoms with van der Waals surface area (Å²) in [5.41, 5.74) is 6.25. The molecule has 4 nitrogen and oxygen atoms in total. The van der Waals surface area contributed by atoms with Crippen molar-refractivity contribution in [3.05, 3.63) is 32.7 Å². The normalized spacial score (nSPS) is 10.7. The number of carbonyl (C=O) groups excluding carboxylic acids is 1. The van der Waals surface area contributed by atoms with Gasteiger partial charge in [0, 0.05) is 12.6 Å². The molecule has 0 fully saturated rings. The Kier molecular flexibility index (Phi) is 7.12. The first-order chi connectivity index (χ1) is 9.08. The Morgan fingerprint density at radius 1 is 1.42 bits per heavy atom. The van der Waals surface area contributed by atoms with Crippen molar-refractivity contribution in [1.29, 1.82) is 0 Å². The van der Waals surface area contributed by atoms with Gasteiger partial charge < -0.3 is 15.8 Å². The number of rotatable bonds is 6. The first-order valence-corrected chi connectivity index (χ1v) is 7.36. The Bertz CT molecular complexity index is 453. The van der Waals surface area contributed by atoms with E-state index in [9.17, 15) is 4.79 Å². The summed E-state index contributed by atoms with van der Waals surface area (Å²) in [6, 6.07) is 3.76. The number of nitrogens with two attached hydrogens (primary N) is 1. The highest BCUT2D eigenvalue weighted by Gasteiger charge is 2.06. The molecule has 1 rings (SSSR count). The van der Waals surface area contributed by atoms with Crippen molar-refractivity contribution in [1.82, 2.24) is 5.32 Å². The lowest BCUT2D eigenvalue weighted by atomic mass is 10.2. The third-order valence-corrected chi connectivity index (χ3v) is 3.51. The molecule has 6 heteroatoms. The molecule has 0 aromatic heterocycles. The standard InChI is InChI=1S/C13H16Br2N2O2/c1-19-13-10(14)7-9(8-11(13)15)3-4-12(18)17-6-2-5-16/h3-4,7-8H,2,5-6,16H2,1H3,(H,17,18)/b4-3+. The van der Waals surface area contributed by atoms with E-state index in [0.29, 0.717) is 13.1 Å². The van der Waals surface area contributed by atoms with E-state index < -0.39 is 0 Å². The summed E-state index contributed by atoms with van der Waals surface area (Å²) in [5, 5.41) is 2.75. The van der Waals surface area contributed by atoms with Gasteiger partial charge in [-0.3, -0.25) is 4.79 Å². The summed E-state index contributed by atoms with van der Waals surface area (Å²) in [7, 11) is 1.60. The van der Waals surface area contributed by atoms with Crippen molar-refractivity contribution in [3.8, 4) is 5.75 Å². The minimum atomic E-state index is -0.128. The van der Waals surface area contributed by atoms with Gasteiger partial charge in [-0.2, -0.15) is 0 Å². The Morgan fingerprint density at radius 2 is 2.05 bits per heavy atom. The predicted octanol–water partition coefficient (Wildman–Crippen LogP) is 2.70. The number of hydrogen-bond acceptors (Lipinski definition) is 3. The molecule has 104 valence electrons. The Morgan fingerprint density at radius 3 is 2.58 bits per heavy atom. The highest BCUT2D eigenvalue weighted by molar-refractivity contribution is 9.11. The first-order valence-electron chi connectivity index (χ1n) is 5.77. The number of benzene rings is 1. The molecule has 0 bridgehead atoms. The zero-order valence-corrected chi connectivity index (χ0v) is 13.8. The molecule has 0 saturated carbocycles. The van der Waals surface area contributed by atoms with E-state index >= 15 is 0 Å². The average molecular weight is 392 g/mol. The first kappa shape index (κ1) is 16.2. The fraction of sp³-hybridized carbons (Fsp3) is 0.308. The molecule has 0 saturated heterocycles. The van der Waals surface area contributed by atoms with Gasteiger partial charge in [-0.15, -0.1) is 0 Å². The van der Waals surface area contributed by atoms with Gasteiger partial charge in [0.2, 0.25) is 5.91 Å². The van der Waals surface area contributed by atoms with Gasteiger partial charge in [0.25, 0.3) is 0 Å². The fourth-order valence-electron chi connectivity index (χ4n) is 1.42. The van der Waals surface area contributed by atoms with Gasteiger partial charge in [0.1, 0.15) is 5.75 Å². The van der Waals surface area contributed by atoms with E-state index in [1.54, 1.807) is 13.2 Å². The summed E-state index contributed by atoms with van der Waals surface area (Å²) >= 11 is 6.83. The highest BCUT2D eigenvalue weighted by Crippen LogP contribution is 2.34. The number of nitrogens with one attached hydrogen (secondary N) is 1. The number of carbonyl (C=O) groups is 1. The number of methoxy groups -OCH3 is 1. The molecule has 0 spiro atoms.